The lowest BCUT2D eigenvalue weighted by Crippen LogP contribution is -2.51. The highest BCUT2D eigenvalue weighted by atomic mass is 35.5. The fourth-order valence-electron chi connectivity index (χ4n) is 1.87. The van der Waals surface area contributed by atoms with Crippen molar-refractivity contribution in [3.8, 4) is 0 Å². The number of aryl methyl sites for hydroxylation is 1. The smallest absolute Gasteiger partial charge is 0.240 e. The van der Waals surface area contributed by atoms with Gasteiger partial charge in [-0.1, -0.05) is 0 Å². The maximum atomic E-state index is 11.8. The van der Waals surface area contributed by atoms with Crippen LogP contribution in [0.5, 0.6) is 0 Å². The summed E-state index contributed by atoms with van der Waals surface area (Å²) in [6.07, 6.45) is 0. The summed E-state index contributed by atoms with van der Waals surface area (Å²) in [7, 11) is 0. The summed E-state index contributed by atoms with van der Waals surface area (Å²) in [5.74, 6) is 0.0214. The van der Waals surface area contributed by atoms with E-state index in [9.17, 15) is 4.79 Å². The van der Waals surface area contributed by atoms with E-state index in [-0.39, 0.29) is 18.3 Å². The molecule has 1 amide bonds. The molecule has 0 spiro atoms. The Morgan fingerprint density at radius 3 is 3.11 bits per heavy atom. The van der Waals surface area contributed by atoms with Crippen LogP contribution in [0.4, 0.5) is 5.13 Å². The molecule has 0 saturated carbocycles. The van der Waals surface area contributed by atoms with Crippen LogP contribution in [0.1, 0.15) is 12.6 Å². The van der Waals surface area contributed by atoms with E-state index in [1.54, 1.807) is 0 Å². The molecule has 0 aliphatic carbocycles. The predicted molar refractivity (Wildman–Crippen MR) is 76.6 cm³/mol. The molecular formula is C11H19ClN4OS. The molecule has 0 radical (unpaired) electrons. The van der Waals surface area contributed by atoms with Gasteiger partial charge in [0.2, 0.25) is 5.91 Å². The molecule has 2 N–H and O–H groups in total. The zero-order valence-electron chi connectivity index (χ0n) is 10.6. The molecule has 18 heavy (non-hydrogen) atoms. The van der Waals surface area contributed by atoms with E-state index < -0.39 is 0 Å². The Labute approximate surface area is 117 Å². The van der Waals surface area contributed by atoms with Crippen LogP contribution in [0, 0.1) is 6.92 Å². The number of amides is 1. The van der Waals surface area contributed by atoms with Crippen molar-refractivity contribution < 1.29 is 4.79 Å². The Morgan fingerprint density at radius 1 is 1.72 bits per heavy atom. The second-order valence-corrected chi connectivity index (χ2v) is 5.22. The van der Waals surface area contributed by atoms with Crippen molar-refractivity contribution in [2.45, 2.75) is 19.9 Å². The van der Waals surface area contributed by atoms with Crippen LogP contribution in [0.3, 0.4) is 0 Å². The van der Waals surface area contributed by atoms with Crippen LogP contribution in [0.25, 0.3) is 0 Å². The van der Waals surface area contributed by atoms with Gasteiger partial charge in [0.25, 0.3) is 0 Å². The molecule has 1 atom stereocenters. The minimum absolute atomic E-state index is 0. The Kier molecular flexibility index (Phi) is 6.01. The van der Waals surface area contributed by atoms with Gasteiger partial charge in [-0.3, -0.25) is 9.69 Å². The first kappa shape index (κ1) is 15.4. The summed E-state index contributed by atoms with van der Waals surface area (Å²) >= 11 is 1.47. The quantitative estimate of drug-likeness (QED) is 0.875. The van der Waals surface area contributed by atoms with Gasteiger partial charge >= 0.3 is 0 Å². The number of nitrogens with one attached hydrogen (secondary N) is 2. The van der Waals surface area contributed by atoms with Crippen molar-refractivity contribution >= 4 is 34.8 Å². The van der Waals surface area contributed by atoms with Gasteiger partial charge in [-0.15, -0.1) is 23.7 Å². The Bertz CT molecular complexity index is 398. The molecular weight excluding hydrogens is 272 g/mol. The zero-order valence-corrected chi connectivity index (χ0v) is 12.2. The predicted octanol–water partition coefficient (Wildman–Crippen LogP) is 1.11. The Balaban J connectivity index is 0.00000162. The lowest BCUT2D eigenvalue weighted by molar-refractivity contribution is -0.118. The molecule has 2 heterocycles. The third-order valence-corrected chi connectivity index (χ3v) is 3.73. The molecule has 1 fully saturated rings. The zero-order chi connectivity index (χ0) is 12.3. The van der Waals surface area contributed by atoms with Gasteiger partial charge in [0, 0.05) is 31.1 Å². The maximum absolute atomic E-state index is 11.8. The molecule has 1 aliphatic rings. The van der Waals surface area contributed by atoms with Crippen LogP contribution in [-0.2, 0) is 4.79 Å². The Morgan fingerprint density at radius 2 is 2.50 bits per heavy atom. The van der Waals surface area contributed by atoms with E-state index in [1.165, 1.54) is 11.3 Å². The van der Waals surface area contributed by atoms with Crippen molar-refractivity contribution in [3.05, 3.63) is 11.1 Å². The number of thiazole rings is 1. The first-order valence-electron chi connectivity index (χ1n) is 5.82. The van der Waals surface area contributed by atoms with Gasteiger partial charge in [-0.25, -0.2) is 4.98 Å². The van der Waals surface area contributed by atoms with Crippen LogP contribution in [0.2, 0.25) is 0 Å². The largest absolute Gasteiger partial charge is 0.314 e. The summed E-state index contributed by atoms with van der Waals surface area (Å²) in [5, 5.41) is 8.77. The molecule has 1 saturated heterocycles. The maximum Gasteiger partial charge on any atom is 0.240 e. The molecule has 5 nitrogen and oxygen atoms in total. The third kappa shape index (κ3) is 4.20. The Hall–Kier alpha value is -0.690. The monoisotopic (exact) mass is 290 g/mol. The number of halogens is 1. The van der Waals surface area contributed by atoms with Gasteiger partial charge in [0.15, 0.2) is 5.13 Å². The van der Waals surface area contributed by atoms with E-state index in [1.807, 2.05) is 12.3 Å². The van der Waals surface area contributed by atoms with Crippen molar-refractivity contribution in [3.63, 3.8) is 0 Å². The number of rotatable bonds is 3. The van der Waals surface area contributed by atoms with Crippen molar-refractivity contribution in [2.75, 3.05) is 31.5 Å². The van der Waals surface area contributed by atoms with E-state index in [0.717, 1.165) is 25.3 Å². The van der Waals surface area contributed by atoms with Gasteiger partial charge in [-0.05, 0) is 13.8 Å². The minimum Gasteiger partial charge on any atom is -0.314 e. The normalized spacial score (nSPS) is 20.2. The SMILES string of the molecule is Cc1csc(NC(=O)CN2CCNC[C@@H]2C)n1.Cl. The highest BCUT2D eigenvalue weighted by Crippen LogP contribution is 2.14. The summed E-state index contributed by atoms with van der Waals surface area (Å²) in [6, 6.07) is 0.410. The second kappa shape index (κ2) is 7.04. The minimum atomic E-state index is 0. The van der Waals surface area contributed by atoms with Gasteiger partial charge in [0.1, 0.15) is 0 Å². The van der Waals surface area contributed by atoms with Crippen molar-refractivity contribution in [1.29, 1.82) is 0 Å². The van der Waals surface area contributed by atoms with Crippen LogP contribution < -0.4 is 10.6 Å². The lowest BCUT2D eigenvalue weighted by Gasteiger charge is -2.33. The van der Waals surface area contributed by atoms with E-state index >= 15 is 0 Å². The molecule has 0 unspecified atom stereocenters. The lowest BCUT2D eigenvalue weighted by atomic mass is 10.2. The summed E-state index contributed by atoms with van der Waals surface area (Å²) in [5.41, 5.74) is 0.945. The third-order valence-electron chi connectivity index (χ3n) is 2.85. The number of carbonyl (C=O) groups is 1. The average Bonchev–Trinajstić information content (AvgIpc) is 2.67. The molecule has 102 valence electrons. The number of anilines is 1. The number of piperazine rings is 1. The van der Waals surface area contributed by atoms with Crippen LogP contribution >= 0.6 is 23.7 Å². The fraction of sp³-hybridized carbons (Fsp3) is 0.636. The first-order valence-corrected chi connectivity index (χ1v) is 6.70. The molecule has 7 heteroatoms. The standard InChI is InChI=1S/C11H18N4OS.ClH/c1-8-7-17-11(13-8)14-10(16)6-15-4-3-12-5-9(15)2;/h7,9,12H,3-6H2,1-2H3,(H,13,14,16);1H/t9-;/m0./s1. The van der Waals surface area contributed by atoms with Gasteiger partial charge < -0.3 is 10.6 Å². The summed E-state index contributed by atoms with van der Waals surface area (Å²) < 4.78 is 0. The molecule has 2 rings (SSSR count). The number of hydrogen-bond acceptors (Lipinski definition) is 5. The van der Waals surface area contributed by atoms with Crippen LogP contribution in [-0.4, -0.2) is 48.0 Å². The molecule has 1 aromatic heterocycles. The molecule has 1 aromatic rings. The topological polar surface area (TPSA) is 57.3 Å². The van der Waals surface area contributed by atoms with E-state index in [4.69, 9.17) is 0 Å². The molecule has 0 bridgehead atoms. The van der Waals surface area contributed by atoms with Crippen molar-refractivity contribution in [1.82, 2.24) is 15.2 Å². The summed E-state index contributed by atoms with van der Waals surface area (Å²) in [6.45, 7) is 7.32. The van der Waals surface area contributed by atoms with E-state index in [0.29, 0.717) is 17.7 Å². The van der Waals surface area contributed by atoms with Crippen molar-refractivity contribution in [2.24, 2.45) is 0 Å². The molecule has 0 aromatic carbocycles. The summed E-state index contributed by atoms with van der Waals surface area (Å²) in [4.78, 5) is 18.2. The molecule has 1 aliphatic heterocycles. The van der Waals surface area contributed by atoms with Gasteiger partial charge in [-0.2, -0.15) is 0 Å². The number of carbonyl (C=O) groups excluding carboxylic acids is 1. The fourth-order valence-corrected chi connectivity index (χ4v) is 2.58. The highest BCUT2D eigenvalue weighted by molar-refractivity contribution is 7.13. The second-order valence-electron chi connectivity index (χ2n) is 4.37. The van der Waals surface area contributed by atoms with Crippen LogP contribution in [0.15, 0.2) is 5.38 Å². The average molecular weight is 291 g/mol. The highest BCUT2D eigenvalue weighted by Gasteiger charge is 2.20. The van der Waals surface area contributed by atoms with Gasteiger partial charge in [0.05, 0.1) is 12.2 Å². The number of nitrogens with zero attached hydrogens (tertiary/aromatic N) is 2. The van der Waals surface area contributed by atoms with E-state index in [2.05, 4.69) is 27.4 Å². The number of aromatic nitrogens is 1. The first-order chi connectivity index (χ1) is 8.15. The number of hydrogen-bond donors (Lipinski definition) is 2.